The molecule has 1 atom stereocenters. The molecule has 1 aromatic carbocycles. The molecule has 0 unspecified atom stereocenters. The number of hydrogen-bond donors (Lipinski definition) is 1. The number of benzene rings is 1. The Kier molecular flexibility index (Phi) is 4.96. The van der Waals surface area contributed by atoms with Crippen molar-refractivity contribution in [3.05, 3.63) is 35.6 Å². The van der Waals surface area contributed by atoms with E-state index in [1.165, 1.54) is 12.1 Å². The van der Waals surface area contributed by atoms with Gasteiger partial charge in [-0.2, -0.15) is 0 Å². The highest BCUT2D eigenvalue weighted by Gasteiger charge is 2.07. The zero-order valence-corrected chi connectivity index (χ0v) is 9.79. The minimum atomic E-state index is -0.299. The monoisotopic (exact) mass is 223 g/mol. The van der Waals surface area contributed by atoms with Gasteiger partial charge in [-0.1, -0.05) is 25.5 Å². The van der Waals surface area contributed by atoms with Gasteiger partial charge in [-0.3, -0.25) is 4.79 Å². The molecule has 0 saturated carbocycles. The Labute approximate surface area is 95.9 Å². The molecule has 0 aliphatic heterocycles. The van der Waals surface area contributed by atoms with Crippen LogP contribution in [0.4, 0.5) is 4.39 Å². The molecule has 0 saturated heterocycles. The van der Waals surface area contributed by atoms with E-state index in [0.717, 1.165) is 12.8 Å². The van der Waals surface area contributed by atoms with Crippen molar-refractivity contribution in [2.75, 3.05) is 0 Å². The molecule has 2 nitrogen and oxygen atoms in total. The zero-order valence-electron chi connectivity index (χ0n) is 9.79. The smallest absolute Gasteiger partial charge is 0.224 e. The van der Waals surface area contributed by atoms with Crippen LogP contribution in [-0.4, -0.2) is 11.9 Å². The number of hydrogen-bond acceptors (Lipinski definition) is 1. The van der Waals surface area contributed by atoms with Crippen molar-refractivity contribution in [3.8, 4) is 0 Å². The van der Waals surface area contributed by atoms with Crippen molar-refractivity contribution < 1.29 is 9.18 Å². The lowest BCUT2D eigenvalue weighted by atomic mass is 10.1. The maximum atomic E-state index is 12.9. The van der Waals surface area contributed by atoms with Gasteiger partial charge in [-0.25, -0.2) is 4.39 Å². The Morgan fingerprint density at radius 3 is 2.88 bits per heavy atom. The molecule has 0 aromatic heterocycles. The summed E-state index contributed by atoms with van der Waals surface area (Å²) in [6.07, 6.45) is 2.25. The maximum Gasteiger partial charge on any atom is 0.224 e. The summed E-state index contributed by atoms with van der Waals surface area (Å²) in [7, 11) is 0. The minimum Gasteiger partial charge on any atom is -0.353 e. The van der Waals surface area contributed by atoms with Gasteiger partial charge in [0.2, 0.25) is 5.91 Å². The fourth-order valence-corrected chi connectivity index (χ4v) is 1.66. The SMILES string of the molecule is CCC[C@H](C)NC(=O)Cc1cccc(F)c1. The second-order valence-corrected chi connectivity index (χ2v) is 4.06. The molecule has 0 heterocycles. The van der Waals surface area contributed by atoms with Crippen molar-refractivity contribution >= 4 is 5.91 Å². The predicted octanol–water partition coefficient (Wildman–Crippen LogP) is 2.67. The Morgan fingerprint density at radius 2 is 2.25 bits per heavy atom. The number of nitrogens with one attached hydrogen (secondary N) is 1. The molecular formula is C13H18FNO. The van der Waals surface area contributed by atoms with Gasteiger partial charge in [0.05, 0.1) is 6.42 Å². The third-order valence-corrected chi connectivity index (χ3v) is 2.38. The Hall–Kier alpha value is -1.38. The van der Waals surface area contributed by atoms with E-state index in [9.17, 15) is 9.18 Å². The number of halogens is 1. The van der Waals surface area contributed by atoms with E-state index in [-0.39, 0.29) is 24.2 Å². The van der Waals surface area contributed by atoms with Gasteiger partial charge in [0.1, 0.15) is 5.82 Å². The molecule has 16 heavy (non-hydrogen) atoms. The zero-order chi connectivity index (χ0) is 12.0. The summed E-state index contributed by atoms with van der Waals surface area (Å²) in [6.45, 7) is 4.06. The van der Waals surface area contributed by atoms with Gasteiger partial charge >= 0.3 is 0 Å². The van der Waals surface area contributed by atoms with E-state index < -0.39 is 0 Å². The van der Waals surface area contributed by atoms with Crippen LogP contribution in [0.25, 0.3) is 0 Å². The number of carbonyl (C=O) groups excluding carboxylic acids is 1. The molecule has 0 aliphatic rings. The van der Waals surface area contributed by atoms with E-state index in [2.05, 4.69) is 12.2 Å². The fourth-order valence-electron chi connectivity index (χ4n) is 1.66. The molecule has 88 valence electrons. The molecule has 1 N–H and O–H groups in total. The first kappa shape index (κ1) is 12.7. The highest BCUT2D eigenvalue weighted by atomic mass is 19.1. The van der Waals surface area contributed by atoms with Gasteiger partial charge < -0.3 is 5.32 Å². The molecule has 0 bridgehead atoms. The van der Waals surface area contributed by atoms with Crippen LogP contribution in [0.3, 0.4) is 0 Å². The van der Waals surface area contributed by atoms with E-state index in [4.69, 9.17) is 0 Å². The minimum absolute atomic E-state index is 0.0495. The van der Waals surface area contributed by atoms with Crippen LogP contribution in [0.15, 0.2) is 24.3 Å². The van der Waals surface area contributed by atoms with Crippen LogP contribution in [0.2, 0.25) is 0 Å². The second-order valence-electron chi connectivity index (χ2n) is 4.06. The Balaban J connectivity index is 2.45. The summed E-state index contributed by atoms with van der Waals surface area (Å²) in [6, 6.07) is 6.33. The van der Waals surface area contributed by atoms with Crippen molar-refractivity contribution in [1.82, 2.24) is 5.32 Å². The van der Waals surface area contributed by atoms with Gasteiger partial charge in [0, 0.05) is 6.04 Å². The summed E-state index contributed by atoms with van der Waals surface area (Å²) >= 11 is 0. The standard InChI is InChI=1S/C13H18FNO/c1-3-5-10(2)15-13(16)9-11-6-4-7-12(14)8-11/h4,6-8,10H,3,5,9H2,1-2H3,(H,15,16)/t10-/m0/s1. The van der Waals surface area contributed by atoms with Crippen molar-refractivity contribution in [2.24, 2.45) is 0 Å². The van der Waals surface area contributed by atoms with Crippen LogP contribution >= 0.6 is 0 Å². The number of carbonyl (C=O) groups is 1. The van der Waals surface area contributed by atoms with E-state index >= 15 is 0 Å². The van der Waals surface area contributed by atoms with Crippen molar-refractivity contribution in [3.63, 3.8) is 0 Å². The summed E-state index contributed by atoms with van der Waals surface area (Å²) in [5.41, 5.74) is 0.709. The van der Waals surface area contributed by atoms with Gasteiger partial charge in [-0.15, -0.1) is 0 Å². The quantitative estimate of drug-likeness (QED) is 0.817. The van der Waals surface area contributed by atoms with E-state index in [1.807, 2.05) is 6.92 Å². The molecule has 1 rings (SSSR count). The average Bonchev–Trinajstić information content (AvgIpc) is 2.17. The lowest BCUT2D eigenvalue weighted by Crippen LogP contribution is -2.33. The van der Waals surface area contributed by atoms with Crippen LogP contribution in [0, 0.1) is 5.82 Å². The van der Waals surface area contributed by atoms with Gasteiger partial charge in [0.25, 0.3) is 0 Å². The third-order valence-electron chi connectivity index (χ3n) is 2.38. The summed E-state index contributed by atoms with van der Waals surface area (Å²) < 4.78 is 12.9. The molecule has 1 amide bonds. The molecule has 0 fully saturated rings. The highest BCUT2D eigenvalue weighted by molar-refractivity contribution is 5.78. The highest BCUT2D eigenvalue weighted by Crippen LogP contribution is 2.04. The van der Waals surface area contributed by atoms with E-state index in [0.29, 0.717) is 5.56 Å². The number of rotatable bonds is 5. The first-order chi connectivity index (χ1) is 7.61. The molecule has 0 aliphatic carbocycles. The largest absolute Gasteiger partial charge is 0.353 e. The molecule has 1 aromatic rings. The van der Waals surface area contributed by atoms with Crippen LogP contribution in [0.5, 0.6) is 0 Å². The second kappa shape index (κ2) is 6.26. The molecular weight excluding hydrogens is 205 g/mol. The van der Waals surface area contributed by atoms with E-state index in [1.54, 1.807) is 12.1 Å². The van der Waals surface area contributed by atoms with Crippen LogP contribution in [-0.2, 0) is 11.2 Å². The fraction of sp³-hybridized carbons (Fsp3) is 0.462. The summed E-state index contributed by atoms with van der Waals surface area (Å²) in [4.78, 5) is 11.6. The predicted molar refractivity (Wildman–Crippen MR) is 62.6 cm³/mol. The Bertz CT molecular complexity index is 352. The van der Waals surface area contributed by atoms with Crippen LogP contribution in [0.1, 0.15) is 32.3 Å². The Morgan fingerprint density at radius 1 is 1.50 bits per heavy atom. The van der Waals surface area contributed by atoms with Crippen molar-refractivity contribution in [1.29, 1.82) is 0 Å². The number of amides is 1. The lowest BCUT2D eigenvalue weighted by Gasteiger charge is -2.12. The summed E-state index contributed by atoms with van der Waals surface area (Å²) in [5, 5.41) is 2.89. The maximum absolute atomic E-state index is 12.9. The van der Waals surface area contributed by atoms with Crippen LogP contribution < -0.4 is 5.32 Å². The molecule has 3 heteroatoms. The normalized spacial score (nSPS) is 12.2. The summed E-state index contributed by atoms with van der Waals surface area (Å²) in [5.74, 6) is -0.349. The van der Waals surface area contributed by atoms with Crippen molar-refractivity contribution in [2.45, 2.75) is 39.2 Å². The van der Waals surface area contributed by atoms with Gasteiger partial charge in [0.15, 0.2) is 0 Å². The lowest BCUT2D eigenvalue weighted by molar-refractivity contribution is -0.121. The molecule has 0 spiro atoms. The first-order valence-electron chi connectivity index (χ1n) is 5.65. The molecule has 0 radical (unpaired) electrons. The average molecular weight is 223 g/mol. The third kappa shape index (κ3) is 4.43. The van der Waals surface area contributed by atoms with Gasteiger partial charge in [-0.05, 0) is 31.0 Å². The topological polar surface area (TPSA) is 29.1 Å². The first-order valence-corrected chi connectivity index (χ1v) is 5.65.